The first kappa shape index (κ1) is 7.72. The van der Waals surface area contributed by atoms with Gasteiger partial charge in [-0.15, -0.1) is 0 Å². The molecule has 2 nitrogen and oxygen atoms in total. The molecule has 1 rings (SSSR count). The van der Waals surface area contributed by atoms with E-state index >= 15 is 0 Å². The highest BCUT2D eigenvalue weighted by Crippen LogP contribution is 2.15. The van der Waals surface area contributed by atoms with Crippen molar-refractivity contribution in [2.75, 3.05) is 0 Å². The van der Waals surface area contributed by atoms with Crippen molar-refractivity contribution in [1.82, 2.24) is 4.98 Å². The highest BCUT2D eigenvalue weighted by Gasteiger charge is 2.05. The second kappa shape index (κ2) is 2.70. The Hall–Kier alpha value is -1.38. The fraction of sp³-hybridized carbons (Fsp3) is 0.125. The molecular weight excluding hydrogens is 145 g/mol. The number of hydrogen-bond donors (Lipinski definition) is 1. The molecule has 1 aromatic heterocycles. The van der Waals surface area contributed by atoms with Crippen molar-refractivity contribution >= 4 is 5.76 Å². The SMILES string of the molecule is C=C(O)c1cncc(F)c1C. The number of aliphatic hydroxyl groups excluding tert-OH is 1. The van der Waals surface area contributed by atoms with E-state index in [1.165, 1.54) is 6.20 Å². The average Bonchev–Trinajstić information content (AvgIpc) is 1.94. The third-order valence-electron chi connectivity index (χ3n) is 1.46. The predicted molar refractivity (Wildman–Crippen MR) is 40.6 cm³/mol. The molecule has 0 radical (unpaired) electrons. The van der Waals surface area contributed by atoms with Gasteiger partial charge in [-0.05, 0) is 12.5 Å². The highest BCUT2D eigenvalue weighted by atomic mass is 19.1. The van der Waals surface area contributed by atoms with Crippen LogP contribution in [-0.4, -0.2) is 10.1 Å². The maximum Gasteiger partial charge on any atom is 0.145 e. The molecule has 1 N–H and O–H groups in total. The summed E-state index contributed by atoms with van der Waals surface area (Å²) in [6.07, 6.45) is 2.47. The summed E-state index contributed by atoms with van der Waals surface area (Å²) in [7, 11) is 0. The molecular formula is C8H8FNO. The van der Waals surface area contributed by atoms with Crippen molar-refractivity contribution in [2.24, 2.45) is 0 Å². The lowest BCUT2D eigenvalue weighted by atomic mass is 10.1. The molecule has 3 heteroatoms. The van der Waals surface area contributed by atoms with Gasteiger partial charge in [0, 0.05) is 11.8 Å². The van der Waals surface area contributed by atoms with Crippen LogP contribution in [0.4, 0.5) is 4.39 Å². The number of hydrogen-bond acceptors (Lipinski definition) is 2. The summed E-state index contributed by atoms with van der Waals surface area (Å²) < 4.78 is 12.7. The molecule has 0 amide bonds. The van der Waals surface area contributed by atoms with Gasteiger partial charge in [-0.3, -0.25) is 4.98 Å². The normalized spacial score (nSPS) is 9.64. The summed E-state index contributed by atoms with van der Waals surface area (Å²) in [4.78, 5) is 3.57. The Morgan fingerprint density at radius 1 is 1.64 bits per heavy atom. The Bertz CT molecular complexity index is 296. The maximum absolute atomic E-state index is 12.7. The zero-order valence-corrected chi connectivity index (χ0v) is 6.13. The first-order chi connectivity index (χ1) is 5.13. The molecule has 11 heavy (non-hydrogen) atoms. The van der Waals surface area contributed by atoms with Crippen LogP contribution in [0, 0.1) is 12.7 Å². The molecule has 0 aliphatic rings. The van der Waals surface area contributed by atoms with Crippen molar-refractivity contribution in [1.29, 1.82) is 0 Å². The Labute approximate surface area is 64.0 Å². The van der Waals surface area contributed by atoms with Crippen molar-refractivity contribution in [3.8, 4) is 0 Å². The Morgan fingerprint density at radius 2 is 2.27 bits per heavy atom. The third-order valence-corrected chi connectivity index (χ3v) is 1.46. The molecule has 0 bridgehead atoms. The van der Waals surface area contributed by atoms with E-state index in [4.69, 9.17) is 5.11 Å². The number of pyridine rings is 1. The summed E-state index contributed by atoms with van der Waals surface area (Å²) in [6.45, 7) is 4.84. The van der Waals surface area contributed by atoms with Gasteiger partial charge in [0.1, 0.15) is 11.6 Å². The molecule has 1 aromatic rings. The minimum atomic E-state index is -0.433. The smallest absolute Gasteiger partial charge is 0.145 e. The summed E-state index contributed by atoms with van der Waals surface area (Å²) in [5, 5.41) is 8.93. The number of aromatic nitrogens is 1. The molecule has 1 heterocycles. The number of aliphatic hydroxyl groups is 1. The third kappa shape index (κ3) is 1.37. The van der Waals surface area contributed by atoms with Gasteiger partial charge in [0.05, 0.1) is 6.20 Å². The average molecular weight is 153 g/mol. The Balaban J connectivity index is 3.27. The second-order valence-corrected chi connectivity index (χ2v) is 2.24. The van der Waals surface area contributed by atoms with Gasteiger partial charge < -0.3 is 5.11 Å². The van der Waals surface area contributed by atoms with Gasteiger partial charge in [0.25, 0.3) is 0 Å². The summed E-state index contributed by atoms with van der Waals surface area (Å²) in [5.41, 5.74) is 0.720. The van der Waals surface area contributed by atoms with E-state index < -0.39 is 5.82 Å². The molecule has 0 atom stereocenters. The molecule has 0 fully saturated rings. The molecule has 0 saturated heterocycles. The van der Waals surface area contributed by atoms with Gasteiger partial charge >= 0.3 is 0 Å². The number of halogens is 1. The minimum absolute atomic E-state index is 0.158. The largest absolute Gasteiger partial charge is 0.508 e. The molecule has 0 spiro atoms. The zero-order chi connectivity index (χ0) is 8.43. The van der Waals surface area contributed by atoms with Crippen LogP contribution in [0.25, 0.3) is 5.76 Å². The molecule has 0 saturated carbocycles. The monoisotopic (exact) mass is 153 g/mol. The highest BCUT2D eigenvalue weighted by molar-refractivity contribution is 5.58. The maximum atomic E-state index is 12.7. The molecule has 58 valence electrons. The van der Waals surface area contributed by atoms with E-state index in [1.807, 2.05) is 0 Å². The minimum Gasteiger partial charge on any atom is -0.508 e. The van der Waals surface area contributed by atoms with Gasteiger partial charge in [0.2, 0.25) is 0 Å². The zero-order valence-electron chi connectivity index (χ0n) is 6.13. The molecule has 0 aliphatic carbocycles. The van der Waals surface area contributed by atoms with E-state index in [1.54, 1.807) is 6.92 Å². The van der Waals surface area contributed by atoms with Gasteiger partial charge in [-0.2, -0.15) is 0 Å². The first-order valence-electron chi connectivity index (χ1n) is 3.11. The predicted octanol–water partition coefficient (Wildman–Crippen LogP) is 2.06. The van der Waals surface area contributed by atoms with Crippen LogP contribution in [0.5, 0.6) is 0 Å². The second-order valence-electron chi connectivity index (χ2n) is 2.24. The molecule has 0 aliphatic heterocycles. The summed E-state index contributed by atoms with van der Waals surface area (Å²) in [6, 6.07) is 0. The van der Waals surface area contributed by atoms with Crippen LogP contribution in [0.1, 0.15) is 11.1 Å². The van der Waals surface area contributed by atoms with Crippen molar-refractivity contribution in [3.05, 3.63) is 35.9 Å². The van der Waals surface area contributed by atoms with Gasteiger partial charge in [0.15, 0.2) is 0 Å². The van der Waals surface area contributed by atoms with Crippen molar-refractivity contribution in [2.45, 2.75) is 6.92 Å². The Kier molecular flexibility index (Phi) is 1.89. The van der Waals surface area contributed by atoms with E-state index in [0.29, 0.717) is 11.1 Å². The lowest BCUT2D eigenvalue weighted by molar-refractivity contribution is 0.510. The summed E-state index contributed by atoms with van der Waals surface area (Å²) in [5.74, 6) is -0.591. The number of rotatable bonds is 1. The van der Waals surface area contributed by atoms with Crippen LogP contribution < -0.4 is 0 Å². The molecule has 0 aromatic carbocycles. The Morgan fingerprint density at radius 3 is 2.73 bits per heavy atom. The fourth-order valence-electron chi connectivity index (χ4n) is 0.790. The summed E-state index contributed by atoms with van der Waals surface area (Å²) >= 11 is 0. The van der Waals surface area contributed by atoms with Crippen LogP contribution in [-0.2, 0) is 0 Å². The van der Waals surface area contributed by atoms with Crippen LogP contribution in [0.15, 0.2) is 19.0 Å². The van der Waals surface area contributed by atoms with E-state index in [2.05, 4.69) is 11.6 Å². The topological polar surface area (TPSA) is 33.1 Å². The van der Waals surface area contributed by atoms with E-state index in [-0.39, 0.29) is 5.76 Å². The first-order valence-corrected chi connectivity index (χ1v) is 3.11. The fourth-order valence-corrected chi connectivity index (χ4v) is 0.790. The molecule has 0 unspecified atom stereocenters. The van der Waals surface area contributed by atoms with Crippen molar-refractivity contribution in [3.63, 3.8) is 0 Å². The van der Waals surface area contributed by atoms with Crippen molar-refractivity contribution < 1.29 is 9.50 Å². The van der Waals surface area contributed by atoms with Gasteiger partial charge in [-0.25, -0.2) is 4.39 Å². The van der Waals surface area contributed by atoms with Gasteiger partial charge in [-0.1, -0.05) is 6.58 Å². The lowest BCUT2D eigenvalue weighted by Gasteiger charge is -2.02. The van der Waals surface area contributed by atoms with Crippen LogP contribution >= 0.6 is 0 Å². The van der Waals surface area contributed by atoms with Crippen LogP contribution in [0.2, 0.25) is 0 Å². The van der Waals surface area contributed by atoms with Crippen LogP contribution in [0.3, 0.4) is 0 Å². The quantitative estimate of drug-likeness (QED) is 0.626. The number of nitrogens with zero attached hydrogens (tertiary/aromatic N) is 1. The lowest BCUT2D eigenvalue weighted by Crippen LogP contribution is -1.92. The van der Waals surface area contributed by atoms with E-state index in [9.17, 15) is 4.39 Å². The standard InChI is InChI=1S/C8H8FNO/c1-5-7(6(2)11)3-10-4-8(5)9/h3-4,11H,2H2,1H3. The van der Waals surface area contributed by atoms with E-state index in [0.717, 1.165) is 6.20 Å².